The monoisotopic (exact) mass is 228 g/mol. The lowest BCUT2D eigenvalue weighted by molar-refractivity contribution is 0.0963. The van der Waals surface area contributed by atoms with Gasteiger partial charge < -0.3 is 10.3 Å². The van der Waals surface area contributed by atoms with Crippen molar-refractivity contribution in [2.24, 2.45) is 0 Å². The SMILES string of the molecule is O=C1C2=C(NC=CC2)C(=O)c2[nH]c(=O)ccc21. The van der Waals surface area contributed by atoms with Crippen LogP contribution in [0.2, 0.25) is 0 Å². The van der Waals surface area contributed by atoms with E-state index in [0.717, 1.165) is 0 Å². The second kappa shape index (κ2) is 3.28. The molecule has 0 saturated carbocycles. The molecule has 0 fully saturated rings. The Bertz CT molecular complexity index is 665. The third kappa shape index (κ3) is 1.29. The molecule has 17 heavy (non-hydrogen) atoms. The Morgan fingerprint density at radius 3 is 2.71 bits per heavy atom. The fourth-order valence-corrected chi connectivity index (χ4v) is 2.05. The van der Waals surface area contributed by atoms with Gasteiger partial charge in [-0.3, -0.25) is 14.4 Å². The molecule has 0 spiro atoms. The van der Waals surface area contributed by atoms with E-state index in [1.54, 1.807) is 12.3 Å². The Morgan fingerprint density at radius 1 is 1.06 bits per heavy atom. The Kier molecular flexibility index (Phi) is 1.89. The van der Waals surface area contributed by atoms with Crippen molar-refractivity contribution in [2.75, 3.05) is 0 Å². The van der Waals surface area contributed by atoms with Crippen molar-refractivity contribution in [1.82, 2.24) is 10.3 Å². The molecule has 2 N–H and O–H groups in total. The number of hydrogen-bond acceptors (Lipinski definition) is 4. The van der Waals surface area contributed by atoms with E-state index in [1.165, 1.54) is 12.1 Å². The van der Waals surface area contributed by atoms with Crippen LogP contribution in [0.25, 0.3) is 0 Å². The summed E-state index contributed by atoms with van der Waals surface area (Å²) in [5, 5.41) is 2.77. The van der Waals surface area contributed by atoms with Gasteiger partial charge in [-0.2, -0.15) is 0 Å². The van der Waals surface area contributed by atoms with E-state index in [1.807, 2.05) is 0 Å². The highest BCUT2D eigenvalue weighted by Crippen LogP contribution is 2.26. The van der Waals surface area contributed by atoms with Gasteiger partial charge in [0, 0.05) is 11.6 Å². The number of carbonyl (C=O) groups excluding carboxylic acids is 2. The summed E-state index contributed by atoms with van der Waals surface area (Å²) >= 11 is 0. The smallest absolute Gasteiger partial charge is 0.248 e. The highest BCUT2D eigenvalue weighted by atomic mass is 16.1. The fourth-order valence-electron chi connectivity index (χ4n) is 2.05. The van der Waals surface area contributed by atoms with Crippen molar-refractivity contribution in [3.05, 3.63) is 57.3 Å². The first kappa shape index (κ1) is 9.77. The van der Waals surface area contributed by atoms with Crippen LogP contribution in [-0.4, -0.2) is 16.6 Å². The van der Waals surface area contributed by atoms with Crippen molar-refractivity contribution in [2.45, 2.75) is 6.42 Å². The normalized spacial score (nSPS) is 17.6. The molecular formula is C12H8N2O3. The number of dihydropyridines is 1. The molecule has 84 valence electrons. The molecule has 0 radical (unpaired) electrons. The van der Waals surface area contributed by atoms with Crippen LogP contribution in [0.5, 0.6) is 0 Å². The molecule has 1 aromatic rings. The van der Waals surface area contributed by atoms with E-state index in [0.29, 0.717) is 12.0 Å². The minimum absolute atomic E-state index is 0.0732. The Balaban J connectivity index is 2.26. The number of hydrogen-bond donors (Lipinski definition) is 2. The fraction of sp³-hybridized carbons (Fsp3) is 0.0833. The zero-order valence-corrected chi connectivity index (χ0v) is 8.74. The first-order chi connectivity index (χ1) is 8.18. The maximum absolute atomic E-state index is 12.1. The predicted molar refractivity (Wildman–Crippen MR) is 59.6 cm³/mol. The van der Waals surface area contributed by atoms with Crippen LogP contribution in [0.3, 0.4) is 0 Å². The Hall–Kier alpha value is -2.43. The zero-order valence-electron chi connectivity index (χ0n) is 8.74. The van der Waals surface area contributed by atoms with Crippen LogP contribution in [-0.2, 0) is 0 Å². The molecule has 2 heterocycles. The molecule has 5 heteroatoms. The number of rotatable bonds is 0. The molecule has 0 unspecified atom stereocenters. The van der Waals surface area contributed by atoms with Crippen molar-refractivity contribution < 1.29 is 9.59 Å². The van der Waals surface area contributed by atoms with E-state index in [2.05, 4.69) is 10.3 Å². The number of Topliss-reactive ketones (excluding diaryl/α,β-unsaturated/α-hetero) is 2. The van der Waals surface area contributed by atoms with Crippen LogP contribution in [0, 0.1) is 0 Å². The molecule has 5 nitrogen and oxygen atoms in total. The lowest BCUT2D eigenvalue weighted by Gasteiger charge is -2.21. The second-order valence-corrected chi connectivity index (χ2v) is 3.87. The van der Waals surface area contributed by atoms with Crippen molar-refractivity contribution in [1.29, 1.82) is 0 Å². The average molecular weight is 228 g/mol. The number of nitrogens with one attached hydrogen (secondary N) is 2. The Morgan fingerprint density at radius 2 is 1.88 bits per heavy atom. The molecule has 1 aliphatic heterocycles. The van der Waals surface area contributed by atoms with Gasteiger partial charge in [0.05, 0.1) is 11.3 Å². The molecule has 3 rings (SSSR count). The summed E-state index contributed by atoms with van der Waals surface area (Å²) in [6, 6.07) is 2.65. The van der Waals surface area contributed by atoms with E-state index in [4.69, 9.17) is 0 Å². The topological polar surface area (TPSA) is 79.0 Å². The molecule has 0 atom stereocenters. The summed E-state index contributed by atoms with van der Waals surface area (Å²) in [4.78, 5) is 37.8. The van der Waals surface area contributed by atoms with Crippen LogP contribution in [0.4, 0.5) is 0 Å². The van der Waals surface area contributed by atoms with Gasteiger partial charge in [0.25, 0.3) is 0 Å². The molecule has 0 aromatic carbocycles. The van der Waals surface area contributed by atoms with Crippen molar-refractivity contribution in [3.8, 4) is 0 Å². The van der Waals surface area contributed by atoms with E-state index in [-0.39, 0.29) is 34.1 Å². The molecule has 1 aromatic heterocycles. The van der Waals surface area contributed by atoms with Gasteiger partial charge in [0.15, 0.2) is 5.78 Å². The van der Waals surface area contributed by atoms with E-state index < -0.39 is 0 Å². The number of aromatic amines is 1. The maximum atomic E-state index is 12.1. The number of H-pyrrole nitrogens is 1. The van der Waals surface area contributed by atoms with Gasteiger partial charge in [-0.15, -0.1) is 0 Å². The van der Waals surface area contributed by atoms with Gasteiger partial charge in [-0.1, -0.05) is 6.08 Å². The van der Waals surface area contributed by atoms with Gasteiger partial charge >= 0.3 is 0 Å². The first-order valence-electron chi connectivity index (χ1n) is 5.16. The van der Waals surface area contributed by atoms with Crippen LogP contribution < -0.4 is 10.9 Å². The lowest BCUT2D eigenvalue weighted by Crippen LogP contribution is -2.32. The third-order valence-electron chi connectivity index (χ3n) is 2.86. The number of fused-ring (bicyclic) bond motifs is 1. The van der Waals surface area contributed by atoms with Gasteiger partial charge in [0.1, 0.15) is 5.69 Å². The highest BCUT2D eigenvalue weighted by molar-refractivity contribution is 6.26. The minimum atomic E-state index is -0.389. The van der Waals surface area contributed by atoms with Crippen LogP contribution in [0.1, 0.15) is 27.3 Å². The molecule has 0 saturated heterocycles. The number of carbonyl (C=O) groups is 2. The summed E-state index contributed by atoms with van der Waals surface area (Å²) in [5.41, 5.74) is 0.679. The van der Waals surface area contributed by atoms with E-state index in [9.17, 15) is 14.4 Å². The number of pyridine rings is 1. The number of allylic oxidation sites excluding steroid dienone is 3. The van der Waals surface area contributed by atoms with Crippen molar-refractivity contribution >= 4 is 11.6 Å². The lowest BCUT2D eigenvalue weighted by atomic mass is 9.88. The summed E-state index contributed by atoms with van der Waals surface area (Å²) < 4.78 is 0. The summed E-state index contributed by atoms with van der Waals surface area (Å²) in [7, 11) is 0. The van der Waals surface area contributed by atoms with Gasteiger partial charge in [-0.25, -0.2) is 0 Å². The number of aromatic nitrogens is 1. The largest absolute Gasteiger partial charge is 0.358 e. The molecule has 0 amide bonds. The van der Waals surface area contributed by atoms with Crippen LogP contribution in [0.15, 0.2) is 40.5 Å². The number of ketones is 2. The first-order valence-corrected chi connectivity index (χ1v) is 5.16. The maximum Gasteiger partial charge on any atom is 0.248 e. The standard InChI is InChI=1S/C12H8N2O3/c15-8-4-3-7-10(14-8)12(17)9-6(11(7)16)2-1-5-13-9/h1,3-5,13H,2H2,(H,14,15). The van der Waals surface area contributed by atoms with Gasteiger partial charge in [0.2, 0.25) is 11.3 Å². The average Bonchev–Trinajstić information content (AvgIpc) is 2.36. The molecule has 1 aliphatic carbocycles. The van der Waals surface area contributed by atoms with Gasteiger partial charge in [-0.05, 0) is 18.7 Å². The van der Waals surface area contributed by atoms with Crippen molar-refractivity contribution in [3.63, 3.8) is 0 Å². The minimum Gasteiger partial charge on any atom is -0.358 e. The quantitative estimate of drug-likeness (QED) is 0.678. The highest BCUT2D eigenvalue weighted by Gasteiger charge is 2.32. The third-order valence-corrected chi connectivity index (χ3v) is 2.86. The molecule has 2 aliphatic rings. The predicted octanol–water partition coefficient (Wildman–Crippen LogP) is 0.515. The second-order valence-electron chi connectivity index (χ2n) is 3.87. The molecule has 0 bridgehead atoms. The van der Waals surface area contributed by atoms with E-state index >= 15 is 0 Å². The summed E-state index contributed by atoms with van der Waals surface area (Å²) in [6.45, 7) is 0. The summed E-state index contributed by atoms with van der Waals surface area (Å²) in [6.07, 6.45) is 3.84. The molecular weight excluding hydrogens is 220 g/mol. The van der Waals surface area contributed by atoms with Crippen LogP contribution >= 0.6 is 0 Å². The Labute approximate surface area is 95.8 Å². The zero-order chi connectivity index (χ0) is 12.0. The summed E-state index contributed by atoms with van der Waals surface area (Å²) in [5.74, 6) is -0.542.